The Morgan fingerprint density at radius 1 is 1.42 bits per heavy atom. The van der Waals surface area contributed by atoms with Crippen LogP contribution in [-0.4, -0.2) is 10.2 Å². The molecule has 0 unspecified atom stereocenters. The van der Waals surface area contributed by atoms with E-state index >= 15 is 0 Å². The molecular weight excluding hydrogens is 215 g/mol. The second-order valence-electron chi connectivity index (χ2n) is 2.29. The average molecular weight is 219 g/mol. The Morgan fingerprint density at radius 2 is 2.25 bits per heavy atom. The van der Waals surface area contributed by atoms with E-state index < -0.39 is 0 Å². The van der Waals surface area contributed by atoms with Crippen molar-refractivity contribution in [3.05, 3.63) is 23.4 Å². The first-order valence-electron chi connectivity index (χ1n) is 3.23. The number of H-pyrrole nitrogens is 1. The number of halogens is 2. The maximum atomic E-state index is 5.83. The van der Waals surface area contributed by atoms with E-state index in [0.717, 1.165) is 15.8 Å². The predicted octanol–water partition coefficient (Wildman–Crippen LogP) is 3.46. The highest BCUT2D eigenvalue weighted by atomic mass is 35.7. The Morgan fingerprint density at radius 3 is 3.00 bits per heavy atom. The van der Waals surface area contributed by atoms with Crippen molar-refractivity contribution >= 4 is 44.2 Å². The molecule has 0 radical (unpaired) electrons. The third-order valence-corrected chi connectivity index (χ3v) is 2.82. The lowest BCUT2D eigenvalue weighted by Gasteiger charge is -1.92. The molecule has 0 aliphatic heterocycles. The van der Waals surface area contributed by atoms with E-state index in [0.29, 0.717) is 5.15 Å². The van der Waals surface area contributed by atoms with Crippen LogP contribution in [0.5, 0.6) is 0 Å². The van der Waals surface area contributed by atoms with Crippen LogP contribution in [0.2, 0.25) is 5.15 Å². The average Bonchev–Trinajstić information content (AvgIpc) is 2.47. The van der Waals surface area contributed by atoms with Crippen LogP contribution >= 0.6 is 33.3 Å². The Hall–Kier alpha value is -0.380. The molecule has 62 valence electrons. The van der Waals surface area contributed by atoms with E-state index in [2.05, 4.69) is 10.2 Å². The number of hydrogen-bond donors (Lipinski definition) is 1. The zero-order valence-corrected chi connectivity index (χ0v) is 8.17. The number of fused-ring (bicyclic) bond motifs is 1. The van der Waals surface area contributed by atoms with E-state index in [4.69, 9.17) is 22.3 Å². The highest BCUT2D eigenvalue weighted by Gasteiger charge is 2.02. The summed E-state index contributed by atoms with van der Waals surface area (Å²) in [6.45, 7) is 0. The van der Waals surface area contributed by atoms with Gasteiger partial charge in [0.25, 0.3) is 0 Å². The first-order valence-corrected chi connectivity index (χ1v) is 5.25. The third-order valence-electron chi connectivity index (χ3n) is 1.57. The van der Waals surface area contributed by atoms with Gasteiger partial charge in [-0.3, -0.25) is 5.10 Å². The van der Waals surface area contributed by atoms with Crippen molar-refractivity contribution in [2.45, 2.75) is 4.90 Å². The van der Waals surface area contributed by atoms with Gasteiger partial charge in [0.05, 0.1) is 5.52 Å². The molecule has 0 aliphatic carbocycles. The van der Waals surface area contributed by atoms with Crippen LogP contribution in [0.25, 0.3) is 10.9 Å². The van der Waals surface area contributed by atoms with Gasteiger partial charge >= 0.3 is 0 Å². The zero-order chi connectivity index (χ0) is 8.55. The van der Waals surface area contributed by atoms with Crippen molar-refractivity contribution in [2.75, 3.05) is 0 Å². The molecule has 0 saturated heterocycles. The number of aromatic nitrogens is 2. The summed E-state index contributed by atoms with van der Waals surface area (Å²) in [6.07, 6.45) is 0. The number of nitrogens with zero attached hydrogens (tertiary/aromatic N) is 1. The molecule has 0 bridgehead atoms. The summed E-state index contributed by atoms with van der Waals surface area (Å²) in [4.78, 5) is 0.965. The second kappa shape index (κ2) is 3.17. The lowest BCUT2D eigenvalue weighted by molar-refractivity contribution is 1.12. The highest BCUT2D eigenvalue weighted by Crippen LogP contribution is 2.28. The lowest BCUT2D eigenvalue weighted by Crippen LogP contribution is -1.68. The highest BCUT2D eigenvalue weighted by molar-refractivity contribution is 8.21. The van der Waals surface area contributed by atoms with Crippen LogP contribution in [0, 0.1) is 0 Å². The van der Waals surface area contributed by atoms with Crippen LogP contribution in [0.4, 0.5) is 0 Å². The molecule has 1 heterocycles. The molecule has 0 fully saturated rings. The molecule has 1 aromatic heterocycles. The second-order valence-corrected chi connectivity index (χ2v) is 3.76. The molecule has 2 rings (SSSR count). The standard InChI is InChI=1S/C7H4Cl2N2S/c8-7-5-3-4(12-9)1-2-6(5)10-11-7/h1-3H,(H,10,11). The van der Waals surface area contributed by atoms with Gasteiger partial charge in [0.1, 0.15) is 5.15 Å². The van der Waals surface area contributed by atoms with Gasteiger partial charge in [0, 0.05) is 10.3 Å². The Bertz CT molecular complexity index is 413. The Balaban J connectivity index is 2.71. The van der Waals surface area contributed by atoms with E-state index in [1.165, 1.54) is 11.0 Å². The van der Waals surface area contributed by atoms with Gasteiger partial charge in [-0.25, -0.2) is 0 Å². The van der Waals surface area contributed by atoms with Crippen molar-refractivity contribution < 1.29 is 0 Å². The maximum Gasteiger partial charge on any atom is 0.132 e. The maximum absolute atomic E-state index is 5.83. The summed E-state index contributed by atoms with van der Waals surface area (Å²) in [5.41, 5.74) is 0.856. The van der Waals surface area contributed by atoms with Crippen molar-refractivity contribution in [2.24, 2.45) is 0 Å². The number of benzene rings is 1. The molecule has 12 heavy (non-hydrogen) atoms. The quantitative estimate of drug-likeness (QED) is 0.795. The molecule has 2 nitrogen and oxygen atoms in total. The first kappa shape index (κ1) is 8.23. The SMILES string of the molecule is ClSc1ccc2n[nH]c(Cl)c2c1. The van der Waals surface area contributed by atoms with Crippen molar-refractivity contribution in [3.8, 4) is 0 Å². The van der Waals surface area contributed by atoms with Crippen LogP contribution < -0.4 is 0 Å². The Kier molecular flexibility index (Phi) is 2.17. The molecule has 2 aromatic rings. The fourth-order valence-corrected chi connectivity index (χ4v) is 1.77. The number of nitrogens with one attached hydrogen (secondary N) is 1. The molecule has 1 aromatic carbocycles. The summed E-state index contributed by atoms with van der Waals surface area (Å²) in [6, 6.07) is 5.68. The minimum Gasteiger partial charge on any atom is -0.266 e. The molecular formula is C7H4Cl2N2S. The van der Waals surface area contributed by atoms with Crippen LogP contribution in [0.3, 0.4) is 0 Å². The Labute approximate surface area is 82.7 Å². The largest absolute Gasteiger partial charge is 0.266 e. The van der Waals surface area contributed by atoms with Crippen molar-refractivity contribution in [3.63, 3.8) is 0 Å². The van der Waals surface area contributed by atoms with Crippen LogP contribution in [0.1, 0.15) is 0 Å². The van der Waals surface area contributed by atoms with Gasteiger partial charge in [0.15, 0.2) is 0 Å². The number of rotatable bonds is 1. The number of hydrogen-bond acceptors (Lipinski definition) is 2. The van der Waals surface area contributed by atoms with Gasteiger partial charge < -0.3 is 0 Å². The van der Waals surface area contributed by atoms with Gasteiger partial charge in [-0.05, 0) is 39.9 Å². The molecule has 0 amide bonds. The lowest BCUT2D eigenvalue weighted by atomic mass is 10.3. The summed E-state index contributed by atoms with van der Waals surface area (Å²) >= 11 is 5.83. The van der Waals surface area contributed by atoms with Crippen LogP contribution in [0.15, 0.2) is 23.1 Å². The van der Waals surface area contributed by atoms with Crippen LogP contribution in [-0.2, 0) is 0 Å². The van der Waals surface area contributed by atoms with E-state index in [-0.39, 0.29) is 0 Å². The normalized spacial score (nSPS) is 10.8. The zero-order valence-electron chi connectivity index (χ0n) is 5.84. The summed E-state index contributed by atoms with van der Waals surface area (Å²) in [5, 5.41) is 8.13. The van der Waals surface area contributed by atoms with Gasteiger partial charge in [-0.15, -0.1) is 0 Å². The first-order chi connectivity index (χ1) is 5.81. The van der Waals surface area contributed by atoms with E-state index in [9.17, 15) is 0 Å². The molecule has 0 aliphatic rings. The predicted molar refractivity (Wildman–Crippen MR) is 52.8 cm³/mol. The molecule has 0 atom stereocenters. The molecule has 0 spiro atoms. The van der Waals surface area contributed by atoms with E-state index in [1.54, 1.807) is 0 Å². The minimum absolute atomic E-state index is 0.553. The smallest absolute Gasteiger partial charge is 0.132 e. The van der Waals surface area contributed by atoms with Crippen molar-refractivity contribution in [1.82, 2.24) is 10.2 Å². The van der Waals surface area contributed by atoms with Gasteiger partial charge in [0.2, 0.25) is 0 Å². The van der Waals surface area contributed by atoms with Crippen molar-refractivity contribution in [1.29, 1.82) is 0 Å². The van der Waals surface area contributed by atoms with Gasteiger partial charge in [-0.1, -0.05) is 11.6 Å². The minimum atomic E-state index is 0.553. The molecule has 1 N–H and O–H groups in total. The summed E-state index contributed by atoms with van der Waals surface area (Å²) in [5.74, 6) is 0. The molecule has 0 saturated carbocycles. The summed E-state index contributed by atoms with van der Waals surface area (Å²) in [7, 11) is 6.76. The fraction of sp³-hybridized carbons (Fsp3) is 0. The fourth-order valence-electron chi connectivity index (χ4n) is 1.01. The van der Waals surface area contributed by atoms with Gasteiger partial charge in [-0.2, -0.15) is 5.10 Å². The number of aromatic amines is 1. The van der Waals surface area contributed by atoms with E-state index in [1.807, 2.05) is 18.2 Å². The molecule has 5 heteroatoms. The topological polar surface area (TPSA) is 28.7 Å². The third kappa shape index (κ3) is 1.28. The summed E-state index contributed by atoms with van der Waals surface area (Å²) < 4.78 is 0. The monoisotopic (exact) mass is 218 g/mol.